The van der Waals surface area contributed by atoms with Gasteiger partial charge in [-0.1, -0.05) is 0 Å². The Labute approximate surface area is 88.8 Å². The van der Waals surface area contributed by atoms with Gasteiger partial charge in [-0.05, 0) is 24.3 Å². The maximum absolute atomic E-state index is 12.8. The van der Waals surface area contributed by atoms with E-state index in [-0.39, 0.29) is 5.82 Å². The van der Waals surface area contributed by atoms with Crippen LogP contribution in [0.15, 0.2) is 36.0 Å². The van der Waals surface area contributed by atoms with Gasteiger partial charge in [0.15, 0.2) is 0 Å². The summed E-state index contributed by atoms with van der Waals surface area (Å²) in [4.78, 5) is 4.92. The van der Waals surface area contributed by atoms with Crippen LogP contribution < -0.4 is 0 Å². The molecule has 0 saturated heterocycles. The van der Waals surface area contributed by atoms with E-state index in [0.717, 1.165) is 16.2 Å². The third kappa shape index (κ3) is 1.32. The smallest absolute Gasteiger partial charge is 0.207 e. The lowest BCUT2D eigenvalue weighted by Gasteiger charge is -1.97. The van der Waals surface area contributed by atoms with Crippen LogP contribution in [0.1, 0.15) is 0 Å². The summed E-state index contributed by atoms with van der Waals surface area (Å²) < 4.78 is 14.5. The quantitative estimate of drug-likeness (QED) is 0.629. The monoisotopic (exact) mass is 219 g/mol. The van der Waals surface area contributed by atoms with Crippen LogP contribution in [0.5, 0.6) is 0 Å². The van der Waals surface area contributed by atoms with E-state index in [1.807, 2.05) is 5.38 Å². The highest BCUT2D eigenvalue weighted by atomic mass is 32.1. The number of benzene rings is 1. The molecule has 5 heteroatoms. The summed E-state index contributed by atoms with van der Waals surface area (Å²) in [6.07, 6.45) is 1.51. The summed E-state index contributed by atoms with van der Waals surface area (Å²) in [7, 11) is 0. The van der Waals surface area contributed by atoms with Crippen LogP contribution in [0.4, 0.5) is 4.39 Å². The van der Waals surface area contributed by atoms with Gasteiger partial charge in [0.25, 0.3) is 0 Å². The third-order valence-electron chi connectivity index (χ3n) is 2.16. The second-order valence-corrected chi connectivity index (χ2v) is 3.92. The highest BCUT2D eigenvalue weighted by molar-refractivity contribution is 7.15. The van der Waals surface area contributed by atoms with Crippen molar-refractivity contribution in [3.05, 3.63) is 41.8 Å². The van der Waals surface area contributed by atoms with Gasteiger partial charge in [-0.2, -0.15) is 5.10 Å². The molecule has 0 bridgehead atoms. The first kappa shape index (κ1) is 8.55. The van der Waals surface area contributed by atoms with E-state index in [9.17, 15) is 4.39 Å². The van der Waals surface area contributed by atoms with Crippen LogP contribution in [-0.4, -0.2) is 14.6 Å². The third-order valence-corrected chi connectivity index (χ3v) is 2.99. The summed E-state index contributed by atoms with van der Waals surface area (Å²) in [6, 6.07) is 6.35. The minimum Gasteiger partial charge on any atom is -0.207 e. The summed E-state index contributed by atoms with van der Waals surface area (Å²) in [5.74, 6) is -0.233. The molecule has 0 atom stereocenters. The van der Waals surface area contributed by atoms with Gasteiger partial charge in [0.05, 0.1) is 5.69 Å². The average Bonchev–Trinajstić information content (AvgIpc) is 2.80. The minimum atomic E-state index is -0.233. The molecule has 1 aromatic carbocycles. The van der Waals surface area contributed by atoms with Gasteiger partial charge in [0, 0.05) is 10.9 Å². The van der Waals surface area contributed by atoms with E-state index in [2.05, 4.69) is 10.1 Å². The SMILES string of the molecule is Fc1ccc(-c2csc3ncnn23)cc1. The first-order valence-corrected chi connectivity index (χ1v) is 5.26. The van der Waals surface area contributed by atoms with Crippen molar-refractivity contribution < 1.29 is 4.39 Å². The Morgan fingerprint density at radius 1 is 1.20 bits per heavy atom. The Bertz CT molecular complexity index is 596. The molecule has 0 spiro atoms. The van der Waals surface area contributed by atoms with Crippen molar-refractivity contribution in [3.63, 3.8) is 0 Å². The van der Waals surface area contributed by atoms with Gasteiger partial charge in [-0.3, -0.25) is 0 Å². The number of thiazole rings is 1. The van der Waals surface area contributed by atoms with Gasteiger partial charge in [-0.15, -0.1) is 11.3 Å². The zero-order valence-electron chi connectivity index (χ0n) is 7.59. The van der Waals surface area contributed by atoms with Crippen LogP contribution in [0.2, 0.25) is 0 Å². The van der Waals surface area contributed by atoms with E-state index in [1.165, 1.54) is 29.8 Å². The van der Waals surface area contributed by atoms with Crippen LogP contribution in [0, 0.1) is 5.82 Å². The highest BCUT2D eigenvalue weighted by Crippen LogP contribution is 2.24. The second kappa shape index (κ2) is 3.13. The zero-order chi connectivity index (χ0) is 10.3. The maximum Gasteiger partial charge on any atom is 0.212 e. The van der Waals surface area contributed by atoms with E-state index >= 15 is 0 Å². The molecule has 0 fully saturated rings. The molecule has 0 N–H and O–H groups in total. The largest absolute Gasteiger partial charge is 0.212 e. The summed E-state index contributed by atoms with van der Waals surface area (Å²) in [5.41, 5.74) is 1.88. The summed E-state index contributed by atoms with van der Waals surface area (Å²) >= 11 is 1.52. The maximum atomic E-state index is 12.8. The van der Waals surface area contributed by atoms with Crippen LogP contribution >= 0.6 is 11.3 Å². The fourth-order valence-electron chi connectivity index (χ4n) is 1.45. The topological polar surface area (TPSA) is 30.2 Å². The van der Waals surface area contributed by atoms with E-state index < -0.39 is 0 Å². The average molecular weight is 219 g/mol. The van der Waals surface area contributed by atoms with E-state index in [0.29, 0.717) is 0 Å². The lowest BCUT2D eigenvalue weighted by Crippen LogP contribution is -1.87. The van der Waals surface area contributed by atoms with Gasteiger partial charge in [0.2, 0.25) is 4.96 Å². The number of hydrogen-bond acceptors (Lipinski definition) is 3. The molecule has 15 heavy (non-hydrogen) atoms. The van der Waals surface area contributed by atoms with Gasteiger partial charge < -0.3 is 0 Å². The Hall–Kier alpha value is -1.75. The molecule has 0 saturated carbocycles. The molecule has 3 nitrogen and oxygen atoms in total. The minimum absolute atomic E-state index is 0.233. The van der Waals surface area contributed by atoms with Crippen molar-refractivity contribution in [3.8, 4) is 11.3 Å². The number of rotatable bonds is 1. The molecule has 0 radical (unpaired) electrons. The van der Waals surface area contributed by atoms with Crippen molar-refractivity contribution >= 4 is 16.3 Å². The molecule has 0 unspecified atom stereocenters. The van der Waals surface area contributed by atoms with Crippen molar-refractivity contribution in [2.45, 2.75) is 0 Å². The lowest BCUT2D eigenvalue weighted by molar-refractivity contribution is 0.628. The Morgan fingerprint density at radius 3 is 2.80 bits per heavy atom. The number of halogens is 1. The zero-order valence-corrected chi connectivity index (χ0v) is 8.41. The summed E-state index contributed by atoms with van der Waals surface area (Å²) in [6.45, 7) is 0. The van der Waals surface area contributed by atoms with Crippen molar-refractivity contribution in [2.24, 2.45) is 0 Å². The molecule has 3 aromatic rings. The molecule has 0 aliphatic heterocycles. The lowest BCUT2D eigenvalue weighted by atomic mass is 10.2. The van der Waals surface area contributed by atoms with Gasteiger partial charge >= 0.3 is 0 Å². The second-order valence-electron chi connectivity index (χ2n) is 3.08. The Kier molecular flexibility index (Phi) is 1.78. The van der Waals surface area contributed by atoms with Crippen molar-refractivity contribution in [1.29, 1.82) is 0 Å². The molecule has 2 heterocycles. The summed E-state index contributed by atoms with van der Waals surface area (Å²) in [5, 5.41) is 6.06. The molecule has 74 valence electrons. The predicted molar refractivity (Wildman–Crippen MR) is 56.3 cm³/mol. The van der Waals surface area contributed by atoms with E-state index in [4.69, 9.17) is 0 Å². The van der Waals surface area contributed by atoms with Crippen LogP contribution in [0.25, 0.3) is 16.2 Å². The van der Waals surface area contributed by atoms with Crippen molar-refractivity contribution in [2.75, 3.05) is 0 Å². The number of aromatic nitrogens is 3. The van der Waals surface area contributed by atoms with Crippen LogP contribution in [-0.2, 0) is 0 Å². The predicted octanol–water partition coefficient (Wildman–Crippen LogP) is 2.60. The Morgan fingerprint density at radius 2 is 2.00 bits per heavy atom. The molecular formula is C10H6FN3S. The molecule has 0 aliphatic rings. The van der Waals surface area contributed by atoms with Crippen LogP contribution in [0.3, 0.4) is 0 Å². The highest BCUT2D eigenvalue weighted by Gasteiger charge is 2.07. The molecule has 0 aliphatic carbocycles. The Balaban J connectivity index is 2.21. The molecular weight excluding hydrogens is 213 g/mol. The fraction of sp³-hybridized carbons (Fsp3) is 0. The first-order valence-electron chi connectivity index (χ1n) is 4.38. The number of fused-ring (bicyclic) bond motifs is 1. The molecule has 0 amide bonds. The molecule has 2 aromatic heterocycles. The number of hydrogen-bond donors (Lipinski definition) is 0. The van der Waals surface area contributed by atoms with E-state index in [1.54, 1.807) is 16.6 Å². The van der Waals surface area contributed by atoms with Gasteiger partial charge in [0.1, 0.15) is 12.1 Å². The number of nitrogens with zero attached hydrogens (tertiary/aromatic N) is 3. The standard InChI is InChI=1S/C10H6FN3S/c11-8-3-1-7(2-4-8)9-5-15-10-12-6-13-14(9)10/h1-6H. The van der Waals surface area contributed by atoms with Crippen molar-refractivity contribution in [1.82, 2.24) is 14.6 Å². The normalized spacial score (nSPS) is 11.0. The first-order chi connectivity index (χ1) is 7.34. The van der Waals surface area contributed by atoms with Gasteiger partial charge in [-0.25, -0.2) is 13.9 Å². The fourth-order valence-corrected chi connectivity index (χ4v) is 2.25. The molecule has 3 rings (SSSR count).